The van der Waals surface area contributed by atoms with Gasteiger partial charge in [-0.3, -0.25) is 9.69 Å². The normalized spacial score (nSPS) is 43.3. The number of benzene rings is 1. The van der Waals surface area contributed by atoms with Crippen molar-refractivity contribution in [2.45, 2.75) is 43.4 Å². The number of hydrogen-bond donors (Lipinski definition) is 2. The van der Waals surface area contributed by atoms with Crippen molar-refractivity contribution in [2.75, 3.05) is 38.8 Å². The van der Waals surface area contributed by atoms with E-state index in [1.54, 1.807) is 0 Å². The predicted molar refractivity (Wildman–Crippen MR) is 109 cm³/mol. The Labute approximate surface area is 171 Å². The van der Waals surface area contributed by atoms with E-state index in [0.29, 0.717) is 12.8 Å². The van der Waals surface area contributed by atoms with Crippen molar-refractivity contribution in [1.29, 1.82) is 0 Å². The van der Waals surface area contributed by atoms with Crippen LogP contribution in [0, 0.1) is 11.3 Å². The van der Waals surface area contributed by atoms with E-state index in [0.717, 1.165) is 30.8 Å². The first-order valence-electron chi connectivity index (χ1n) is 10.6. The average Bonchev–Trinajstić information content (AvgIpc) is 3.13. The number of nitrogens with zero attached hydrogens (tertiary/aromatic N) is 2. The molecular formula is C23H30N2O4. The number of allylic oxidation sites excluding steroid dienone is 1. The fourth-order valence-electron chi connectivity index (χ4n) is 7.92. The van der Waals surface area contributed by atoms with E-state index in [1.807, 2.05) is 26.1 Å². The summed E-state index contributed by atoms with van der Waals surface area (Å²) in [5, 5.41) is 21.9. The summed E-state index contributed by atoms with van der Waals surface area (Å²) in [5.74, 6) is -0.430. The average molecular weight is 399 g/mol. The number of hydrogen-bond acceptors (Lipinski definition) is 6. The van der Waals surface area contributed by atoms with Crippen LogP contribution < -0.4 is 4.90 Å². The third-order valence-corrected chi connectivity index (χ3v) is 8.63. The number of fused-ring (bicyclic) bond motifs is 3. The molecule has 0 amide bonds. The van der Waals surface area contributed by atoms with Crippen LogP contribution in [0.5, 0.6) is 0 Å². The van der Waals surface area contributed by atoms with Gasteiger partial charge >= 0.3 is 5.97 Å². The van der Waals surface area contributed by atoms with Gasteiger partial charge in [0, 0.05) is 38.3 Å². The molecule has 4 bridgehead atoms. The number of aliphatic hydroxyl groups is 2. The Morgan fingerprint density at radius 3 is 2.83 bits per heavy atom. The first-order valence-corrected chi connectivity index (χ1v) is 10.6. The molecular weight excluding hydrogens is 368 g/mol. The number of anilines is 1. The maximum atomic E-state index is 13.7. The zero-order valence-electron chi connectivity index (χ0n) is 17.4. The van der Waals surface area contributed by atoms with Gasteiger partial charge < -0.3 is 19.8 Å². The molecule has 1 aromatic carbocycles. The first-order chi connectivity index (χ1) is 14.0. The van der Waals surface area contributed by atoms with Crippen molar-refractivity contribution in [3.63, 3.8) is 0 Å². The van der Waals surface area contributed by atoms with E-state index in [9.17, 15) is 15.0 Å². The third kappa shape index (κ3) is 1.75. The topological polar surface area (TPSA) is 73.2 Å². The Balaban J connectivity index is 1.95. The van der Waals surface area contributed by atoms with E-state index in [2.05, 4.69) is 28.0 Å². The van der Waals surface area contributed by atoms with Gasteiger partial charge in [0.2, 0.25) is 0 Å². The second kappa shape index (κ2) is 6.06. The Hall–Kier alpha value is -1.89. The number of rotatable bonds is 3. The smallest absolute Gasteiger partial charge is 0.313 e. The van der Waals surface area contributed by atoms with Crippen molar-refractivity contribution in [2.24, 2.45) is 11.3 Å². The van der Waals surface area contributed by atoms with Gasteiger partial charge in [0.1, 0.15) is 5.66 Å². The minimum absolute atomic E-state index is 0.0948. The summed E-state index contributed by atoms with van der Waals surface area (Å²) in [5.41, 5.74) is 1.04. The van der Waals surface area contributed by atoms with Crippen LogP contribution >= 0.6 is 0 Å². The number of carbonyl (C=O) groups excluding carboxylic acids is 1. The van der Waals surface area contributed by atoms with E-state index < -0.39 is 22.6 Å². The maximum Gasteiger partial charge on any atom is 0.313 e. The number of esters is 1. The fourth-order valence-corrected chi connectivity index (χ4v) is 7.92. The molecule has 2 N–H and O–H groups in total. The van der Waals surface area contributed by atoms with Gasteiger partial charge in [-0.05, 0) is 37.8 Å². The summed E-state index contributed by atoms with van der Waals surface area (Å²) in [6.45, 7) is 3.44. The van der Waals surface area contributed by atoms with Crippen LogP contribution in [0.4, 0.5) is 5.69 Å². The predicted octanol–water partition coefficient (Wildman–Crippen LogP) is 1.66. The molecule has 29 heavy (non-hydrogen) atoms. The molecule has 1 spiro atoms. The highest BCUT2D eigenvalue weighted by molar-refractivity contribution is 5.86. The van der Waals surface area contributed by atoms with Gasteiger partial charge in [-0.25, -0.2) is 0 Å². The van der Waals surface area contributed by atoms with Crippen molar-refractivity contribution in [1.82, 2.24) is 4.90 Å². The van der Waals surface area contributed by atoms with E-state index in [4.69, 9.17) is 4.74 Å². The van der Waals surface area contributed by atoms with Gasteiger partial charge in [0.15, 0.2) is 0 Å². The zero-order chi connectivity index (χ0) is 20.6. The summed E-state index contributed by atoms with van der Waals surface area (Å²) < 4.78 is 5.49. The minimum atomic E-state index is -0.927. The number of aliphatic hydroxyl groups excluding tert-OH is 2. The Morgan fingerprint density at radius 2 is 2.14 bits per heavy atom. The zero-order valence-corrected chi connectivity index (χ0v) is 17.4. The van der Waals surface area contributed by atoms with E-state index >= 15 is 0 Å². The lowest BCUT2D eigenvalue weighted by molar-refractivity contribution is -0.183. The number of likely N-dealkylation sites (N-methyl/N-ethyl adjacent to an activating group) is 1. The Morgan fingerprint density at radius 1 is 1.38 bits per heavy atom. The maximum absolute atomic E-state index is 13.7. The molecule has 5 unspecified atom stereocenters. The van der Waals surface area contributed by atoms with Gasteiger partial charge in [0.05, 0.1) is 24.0 Å². The quantitative estimate of drug-likeness (QED) is 0.596. The van der Waals surface area contributed by atoms with Gasteiger partial charge in [-0.1, -0.05) is 29.8 Å². The highest BCUT2D eigenvalue weighted by Crippen LogP contribution is 2.74. The molecule has 6 rings (SSSR count). The van der Waals surface area contributed by atoms with Crippen molar-refractivity contribution < 1.29 is 19.7 Å². The molecule has 6 nitrogen and oxygen atoms in total. The molecule has 4 heterocycles. The third-order valence-electron chi connectivity index (χ3n) is 8.63. The first kappa shape index (κ1) is 19.1. The molecule has 1 aromatic rings. The number of ether oxygens (including phenoxy) is 1. The van der Waals surface area contributed by atoms with Crippen molar-refractivity contribution >= 4 is 11.7 Å². The molecule has 6 atom stereocenters. The van der Waals surface area contributed by atoms with Gasteiger partial charge in [-0.2, -0.15) is 0 Å². The molecule has 4 fully saturated rings. The molecule has 0 radical (unpaired) electrons. The van der Waals surface area contributed by atoms with Crippen LogP contribution in [-0.2, 0) is 14.9 Å². The molecule has 3 saturated heterocycles. The summed E-state index contributed by atoms with van der Waals surface area (Å²) in [4.78, 5) is 18.3. The lowest BCUT2D eigenvalue weighted by Crippen LogP contribution is -2.76. The molecule has 5 aliphatic rings. The van der Waals surface area contributed by atoms with Gasteiger partial charge in [-0.15, -0.1) is 0 Å². The number of carbonyl (C=O) groups is 1. The van der Waals surface area contributed by atoms with Crippen LogP contribution in [0.2, 0.25) is 0 Å². The molecule has 1 saturated carbocycles. The monoisotopic (exact) mass is 398 g/mol. The van der Waals surface area contributed by atoms with Gasteiger partial charge in [0.25, 0.3) is 0 Å². The molecule has 156 valence electrons. The second-order valence-corrected chi connectivity index (χ2v) is 8.98. The van der Waals surface area contributed by atoms with Crippen molar-refractivity contribution in [3.8, 4) is 0 Å². The van der Waals surface area contributed by atoms with Crippen LogP contribution in [0.3, 0.4) is 0 Å². The van der Waals surface area contributed by atoms with E-state index in [-0.39, 0.29) is 18.5 Å². The van der Waals surface area contributed by atoms with Crippen LogP contribution in [0.1, 0.15) is 31.7 Å². The summed E-state index contributed by atoms with van der Waals surface area (Å²) in [6.07, 6.45) is 3.07. The summed E-state index contributed by atoms with van der Waals surface area (Å²) in [7, 11) is 3.50. The standard InChI is InChI=1S/C23H30N2O4/c1-4-15-14-25-11-9-22-16-7-5-6-8-18(16)24(2)23(22,25)19(27)13-17(15)21(22,10-12-26)20(28)29-3/h4-8,17,19,26-27H,9-14H2,1-3H3/b15-4-/t17?,19?,21-,22?,23?/m1/s1. The minimum Gasteiger partial charge on any atom is -0.469 e. The molecule has 1 aliphatic carbocycles. The lowest BCUT2D eigenvalue weighted by Gasteiger charge is -2.61. The van der Waals surface area contributed by atoms with Crippen LogP contribution in [0.15, 0.2) is 35.9 Å². The van der Waals surface area contributed by atoms with E-state index in [1.165, 1.54) is 12.7 Å². The van der Waals surface area contributed by atoms with Crippen LogP contribution in [0.25, 0.3) is 0 Å². The van der Waals surface area contributed by atoms with Crippen LogP contribution in [-0.4, -0.2) is 66.7 Å². The van der Waals surface area contributed by atoms with Crippen molar-refractivity contribution in [3.05, 3.63) is 41.5 Å². The summed E-state index contributed by atoms with van der Waals surface area (Å²) in [6, 6.07) is 8.23. The highest BCUT2D eigenvalue weighted by Gasteiger charge is 2.83. The molecule has 6 heteroatoms. The summed E-state index contributed by atoms with van der Waals surface area (Å²) >= 11 is 0. The SMILES string of the molecule is C/C=C1/CN2CCC34c5ccccc5N(C)C23C(O)CC1[C@]4(CCO)C(=O)OC. The highest BCUT2D eigenvalue weighted by atomic mass is 16.5. The second-order valence-electron chi connectivity index (χ2n) is 8.98. The number of para-hydroxylation sites is 1. The molecule has 0 aromatic heterocycles. The Bertz CT molecular complexity index is 901. The fraction of sp³-hybridized carbons (Fsp3) is 0.609. The number of methoxy groups -OCH3 is 1. The Kier molecular flexibility index (Phi) is 3.99. The lowest BCUT2D eigenvalue weighted by atomic mass is 9.44. The molecule has 4 aliphatic heterocycles. The largest absolute Gasteiger partial charge is 0.469 e.